The van der Waals surface area contributed by atoms with E-state index in [1.54, 1.807) is 34.9 Å². The number of carbonyl (C=O) groups is 4. The molecule has 0 aromatic carbocycles. The monoisotopic (exact) mass is 604 g/mol. The number of hydrogen-bond acceptors (Lipinski definition) is 13. The third kappa shape index (κ3) is 21.3. The SMILES string of the molecule is C=C(C)C(=O)OCCOCC(COCCOC(=O)CCNC)(COCCOC(=O)C(C)C)COCCC(=O)CCNC. The van der Waals surface area contributed by atoms with Crippen molar-refractivity contribution in [2.45, 2.75) is 40.0 Å². The van der Waals surface area contributed by atoms with Crippen molar-refractivity contribution in [1.29, 1.82) is 0 Å². The fourth-order valence-corrected chi connectivity index (χ4v) is 3.18. The van der Waals surface area contributed by atoms with Crippen LogP contribution in [0.3, 0.4) is 0 Å². The van der Waals surface area contributed by atoms with E-state index in [9.17, 15) is 19.2 Å². The first-order chi connectivity index (χ1) is 20.1. The zero-order chi connectivity index (χ0) is 31.6. The Labute approximate surface area is 250 Å². The Morgan fingerprint density at radius 3 is 1.64 bits per heavy atom. The van der Waals surface area contributed by atoms with E-state index < -0.39 is 11.4 Å². The highest BCUT2D eigenvalue weighted by Gasteiger charge is 2.33. The molecule has 13 nitrogen and oxygen atoms in total. The molecule has 0 aromatic heterocycles. The molecule has 13 heteroatoms. The first-order valence-corrected chi connectivity index (χ1v) is 14.3. The molecular weight excluding hydrogens is 552 g/mol. The molecule has 0 amide bonds. The molecule has 0 aromatic rings. The summed E-state index contributed by atoms with van der Waals surface area (Å²) in [6.07, 6.45) is 0.913. The highest BCUT2D eigenvalue weighted by atomic mass is 16.6. The topological polar surface area (TPSA) is 157 Å². The Bertz CT molecular complexity index is 792. The Balaban J connectivity index is 5.23. The van der Waals surface area contributed by atoms with Crippen LogP contribution in [0.4, 0.5) is 0 Å². The third-order valence-electron chi connectivity index (χ3n) is 5.63. The van der Waals surface area contributed by atoms with Crippen LogP contribution in [0, 0.1) is 11.3 Å². The van der Waals surface area contributed by atoms with Gasteiger partial charge in [-0.1, -0.05) is 20.4 Å². The number of Topliss-reactive ketones (excluding diaryl/α,β-unsaturated/α-hetero) is 1. The van der Waals surface area contributed by atoms with E-state index >= 15 is 0 Å². The number of esters is 3. The van der Waals surface area contributed by atoms with Gasteiger partial charge >= 0.3 is 17.9 Å². The predicted octanol–water partition coefficient (Wildman–Crippen LogP) is 1.08. The van der Waals surface area contributed by atoms with Gasteiger partial charge in [-0.25, -0.2) is 4.79 Å². The molecule has 0 radical (unpaired) electrons. The highest BCUT2D eigenvalue weighted by molar-refractivity contribution is 5.86. The lowest BCUT2D eigenvalue weighted by Gasteiger charge is -2.33. The lowest BCUT2D eigenvalue weighted by Crippen LogP contribution is -2.42. The van der Waals surface area contributed by atoms with Crippen molar-refractivity contribution in [1.82, 2.24) is 10.6 Å². The van der Waals surface area contributed by atoms with Crippen molar-refractivity contribution in [3.05, 3.63) is 12.2 Å². The van der Waals surface area contributed by atoms with E-state index in [0.717, 1.165) is 0 Å². The summed E-state index contributed by atoms with van der Waals surface area (Å²) in [5, 5.41) is 5.83. The average molecular weight is 605 g/mol. The summed E-state index contributed by atoms with van der Waals surface area (Å²) in [7, 11) is 3.53. The lowest BCUT2D eigenvalue weighted by atomic mass is 9.92. The van der Waals surface area contributed by atoms with Crippen molar-refractivity contribution in [3.8, 4) is 0 Å². The number of ketones is 1. The minimum Gasteiger partial charge on any atom is -0.463 e. The van der Waals surface area contributed by atoms with Crippen LogP contribution in [0.1, 0.15) is 40.0 Å². The van der Waals surface area contributed by atoms with Gasteiger partial charge in [0.05, 0.1) is 70.6 Å². The Morgan fingerprint density at radius 2 is 1.14 bits per heavy atom. The van der Waals surface area contributed by atoms with Gasteiger partial charge in [0.1, 0.15) is 25.6 Å². The Kier molecular flexibility index (Phi) is 23.7. The second-order valence-corrected chi connectivity index (χ2v) is 10.2. The number of hydrogen-bond donors (Lipinski definition) is 2. The van der Waals surface area contributed by atoms with Crippen LogP contribution < -0.4 is 10.6 Å². The van der Waals surface area contributed by atoms with E-state index in [0.29, 0.717) is 19.5 Å². The first kappa shape index (κ1) is 39.6. The fraction of sp³-hybridized carbons (Fsp3) is 0.793. The summed E-state index contributed by atoms with van der Waals surface area (Å²) >= 11 is 0. The molecule has 0 saturated carbocycles. The van der Waals surface area contributed by atoms with Crippen LogP contribution in [0.25, 0.3) is 0 Å². The van der Waals surface area contributed by atoms with E-state index in [1.165, 1.54) is 0 Å². The maximum Gasteiger partial charge on any atom is 0.333 e. The van der Waals surface area contributed by atoms with Crippen LogP contribution in [0.5, 0.6) is 0 Å². The zero-order valence-corrected chi connectivity index (χ0v) is 26.1. The quantitative estimate of drug-likeness (QED) is 0.0566. The highest BCUT2D eigenvalue weighted by Crippen LogP contribution is 2.21. The van der Waals surface area contributed by atoms with Gasteiger partial charge in [-0.3, -0.25) is 14.4 Å². The molecule has 1 atom stereocenters. The molecule has 0 aliphatic heterocycles. The molecule has 0 aliphatic rings. The van der Waals surface area contributed by atoms with Crippen LogP contribution in [0.2, 0.25) is 0 Å². The van der Waals surface area contributed by atoms with Gasteiger partial charge in [0.2, 0.25) is 0 Å². The minimum atomic E-state index is -0.829. The smallest absolute Gasteiger partial charge is 0.333 e. The van der Waals surface area contributed by atoms with Crippen LogP contribution >= 0.6 is 0 Å². The number of rotatable bonds is 28. The lowest BCUT2D eigenvalue weighted by molar-refractivity contribution is -0.152. The van der Waals surface area contributed by atoms with Gasteiger partial charge in [-0.2, -0.15) is 0 Å². The molecule has 244 valence electrons. The molecule has 42 heavy (non-hydrogen) atoms. The molecule has 0 saturated heterocycles. The van der Waals surface area contributed by atoms with Crippen LogP contribution in [0.15, 0.2) is 12.2 Å². The van der Waals surface area contributed by atoms with Gasteiger partial charge < -0.3 is 43.8 Å². The van der Waals surface area contributed by atoms with E-state index in [1.807, 2.05) is 0 Å². The summed E-state index contributed by atoms with van der Waals surface area (Å²) in [5.74, 6) is -1.34. The second kappa shape index (κ2) is 25.1. The van der Waals surface area contributed by atoms with E-state index in [4.69, 9.17) is 33.2 Å². The summed E-state index contributed by atoms with van der Waals surface area (Å²) in [6.45, 7) is 10.9. The standard InChI is InChI=1S/C29H52N2O11/c1-23(2)27(34)41-17-14-38-21-29(19-36-12-9-25(32)7-10-30-5,22-39-15-18-42-28(35)24(3)4)20-37-13-16-40-26(33)8-11-31-6/h24,30-31H,1,7-22H2,2-6H3. The Morgan fingerprint density at radius 1 is 0.667 bits per heavy atom. The molecular formula is C29H52N2O11. The minimum absolute atomic E-state index is 0.0258. The fourth-order valence-electron chi connectivity index (χ4n) is 3.18. The molecule has 0 aliphatic carbocycles. The zero-order valence-electron chi connectivity index (χ0n) is 26.1. The molecule has 0 rings (SSSR count). The first-order valence-electron chi connectivity index (χ1n) is 14.3. The predicted molar refractivity (Wildman–Crippen MR) is 155 cm³/mol. The summed E-state index contributed by atoms with van der Waals surface area (Å²) in [6, 6.07) is 0. The summed E-state index contributed by atoms with van der Waals surface area (Å²) < 4.78 is 38.9. The normalized spacial score (nSPS) is 12.5. The molecule has 1 unspecified atom stereocenters. The van der Waals surface area contributed by atoms with Gasteiger partial charge in [0, 0.05) is 31.5 Å². The third-order valence-corrected chi connectivity index (χ3v) is 5.63. The van der Waals surface area contributed by atoms with Crippen LogP contribution in [-0.2, 0) is 52.3 Å². The van der Waals surface area contributed by atoms with Crippen molar-refractivity contribution in [3.63, 3.8) is 0 Å². The van der Waals surface area contributed by atoms with Crippen molar-refractivity contribution in [2.24, 2.45) is 11.3 Å². The molecule has 0 bridgehead atoms. The second-order valence-electron chi connectivity index (χ2n) is 10.2. The van der Waals surface area contributed by atoms with Crippen molar-refractivity contribution < 1.29 is 52.3 Å². The molecule has 0 fully saturated rings. The Hall–Kier alpha value is -2.42. The molecule has 2 N–H and O–H groups in total. The average Bonchev–Trinajstić information content (AvgIpc) is 2.96. The van der Waals surface area contributed by atoms with Crippen LogP contribution in [-0.4, -0.2) is 124 Å². The number of carbonyl (C=O) groups excluding carboxylic acids is 4. The van der Waals surface area contributed by atoms with Gasteiger partial charge in [0.25, 0.3) is 0 Å². The maximum atomic E-state index is 12.1. The van der Waals surface area contributed by atoms with Gasteiger partial charge in [-0.05, 0) is 21.0 Å². The summed E-state index contributed by atoms with van der Waals surface area (Å²) in [4.78, 5) is 47.2. The summed E-state index contributed by atoms with van der Waals surface area (Å²) in [5.41, 5.74) is -0.543. The van der Waals surface area contributed by atoms with Gasteiger partial charge in [0.15, 0.2) is 0 Å². The van der Waals surface area contributed by atoms with E-state index in [2.05, 4.69) is 17.2 Å². The number of nitrogens with one attached hydrogen (secondary N) is 2. The molecule has 0 heterocycles. The van der Waals surface area contributed by atoms with E-state index in [-0.39, 0.29) is 115 Å². The maximum absolute atomic E-state index is 12.1. The van der Waals surface area contributed by atoms with Crippen molar-refractivity contribution in [2.75, 3.05) is 99.9 Å². The number of ether oxygens (including phenoxy) is 7. The van der Waals surface area contributed by atoms with Crippen molar-refractivity contribution >= 4 is 23.7 Å². The largest absolute Gasteiger partial charge is 0.463 e. The molecule has 0 spiro atoms. The van der Waals surface area contributed by atoms with Gasteiger partial charge in [-0.15, -0.1) is 0 Å².